The summed E-state index contributed by atoms with van der Waals surface area (Å²) in [6, 6.07) is 8.59. The van der Waals surface area contributed by atoms with Crippen molar-refractivity contribution in [3.63, 3.8) is 0 Å². The Bertz CT molecular complexity index is 749. The topological polar surface area (TPSA) is 66.7 Å². The summed E-state index contributed by atoms with van der Waals surface area (Å²) >= 11 is 0. The lowest BCUT2D eigenvalue weighted by Crippen LogP contribution is -2.41. The molecule has 0 bridgehead atoms. The van der Waals surface area contributed by atoms with Crippen LogP contribution in [0.15, 0.2) is 41.7 Å². The van der Waals surface area contributed by atoms with Gasteiger partial charge in [0.25, 0.3) is 0 Å². The number of imidazole rings is 1. The molecule has 1 aromatic carbocycles. The second-order valence-corrected chi connectivity index (χ2v) is 7.19. The third-order valence-corrected chi connectivity index (χ3v) is 4.71. The van der Waals surface area contributed by atoms with E-state index in [1.165, 1.54) is 11.1 Å². The molecule has 0 saturated heterocycles. The van der Waals surface area contributed by atoms with Crippen LogP contribution in [0.3, 0.4) is 0 Å². The molecule has 1 heterocycles. The van der Waals surface area contributed by atoms with Gasteiger partial charge in [-0.05, 0) is 38.4 Å². The van der Waals surface area contributed by atoms with Gasteiger partial charge in [0.05, 0.1) is 6.54 Å². The summed E-state index contributed by atoms with van der Waals surface area (Å²) in [7, 11) is 3.88. The van der Waals surface area contributed by atoms with Gasteiger partial charge in [-0.25, -0.2) is 9.98 Å². The van der Waals surface area contributed by atoms with Crippen LogP contribution in [-0.2, 0) is 17.8 Å². The number of methoxy groups -OCH3 is 1. The number of guanidine groups is 1. The second-order valence-electron chi connectivity index (χ2n) is 7.19. The first-order valence-electron chi connectivity index (χ1n) is 10.4. The number of rotatable bonds is 12. The van der Waals surface area contributed by atoms with E-state index >= 15 is 0 Å². The molecule has 2 N–H and O–H groups in total. The molecule has 0 fully saturated rings. The van der Waals surface area contributed by atoms with Crippen molar-refractivity contribution in [3.8, 4) is 0 Å². The number of nitrogens with zero attached hydrogens (tertiary/aromatic N) is 4. The fourth-order valence-electron chi connectivity index (χ4n) is 3.06. The average Bonchev–Trinajstić information content (AvgIpc) is 3.11. The standard InChI is InChI=1S/C22H36N6O.HI/c1-5-23-22(25-10-13-27(3)12-7-15-29-4)26-17-20-8-6-9-21(16-20)18-28-14-11-24-19(28)2;/h6,8-9,11,14,16H,5,7,10,12-13,15,17-18H2,1-4H3,(H2,23,25,26);1H. The van der Waals surface area contributed by atoms with Gasteiger partial charge in [0.15, 0.2) is 5.96 Å². The summed E-state index contributed by atoms with van der Waals surface area (Å²) in [6.07, 6.45) is 4.91. The average molecular weight is 528 g/mol. The van der Waals surface area contributed by atoms with E-state index < -0.39 is 0 Å². The van der Waals surface area contributed by atoms with E-state index in [9.17, 15) is 0 Å². The van der Waals surface area contributed by atoms with Crippen molar-refractivity contribution < 1.29 is 4.74 Å². The number of aliphatic imine (C=N–C) groups is 1. The molecule has 0 atom stereocenters. The highest BCUT2D eigenvalue weighted by Crippen LogP contribution is 2.09. The lowest BCUT2D eigenvalue weighted by Gasteiger charge is -2.18. The molecule has 0 aliphatic heterocycles. The van der Waals surface area contributed by atoms with E-state index in [1.807, 2.05) is 19.3 Å². The highest BCUT2D eigenvalue weighted by molar-refractivity contribution is 14.0. The predicted molar refractivity (Wildman–Crippen MR) is 135 cm³/mol. The summed E-state index contributed by atoms with van der Waals surface area (Å²) in [5.74, 6) is 1.88. The van der Waals surface area contributed by atoms with Gasteiger partial charge in [-0.2, -0.15) is 0 Å². The van der Waals surface area contributed by atoms with Crippen LogP contribution >= 0.6 is 24.0 Å². The highest BCUT2D eigenvalue weighted by Gasteiger charge is 2.03. The van der Waals surface area contributed by atoms with Crippen LogP contribution < -0.4 is 10.6 Å². The Morgan fingerprint density at radius 3 is 2.73 bits per heavy atom. The summed E-state index contributed by atoms with van der Waals surface area (Å²) < 4.78 is 7.26. The Hall–Kier alpha value is -1.65. The first kappa shape index (κ1) is 26.4. The van der Waals surface area contributed by atoms with Crippen LogP contribution in [0.1, 0.15) is 30.3 Å². The summed E-state index contributed by atoms with van der Waals surface area (Å²) in [6.45, 7) is 10.1. The van der Waals surface area contributed by atoms with E-state index in [4.69, 9.17) is 9.73 Å². The third kappa shape index (κ3) is 9.90. The van der Waals surface area contributed by atoms with Gasteiger partial charge in [-0.15, -0.1) is 24.0 Å². The molecule has 168 valence electrons. The SMILES string of the molecule is CCNC(=NCc1cccc(Cn2ccnc2C)c1)NCCN(C)CCCOC.I. The molecule has 0 saturated carbocycles. The zero-order valence-electron chi connectivity index (χ0n) is 18.7. The molecule has 2 aromatic rings. The molecule has 0 aliphatic rings. The largest absolute Gasteiger partial charge is 0.385 e. The second kappa shape index (κ2) is 15.2. The number of hydrogen-bond acceptors (Lipinski definition) is 4. The van der Waals surface area contributed by atoms with Gasteiger partial charge in [0, 0.05) is 58.8 Å². The fourth-order valence-corrected chi connectivity index (χ4v) is 3.06. The molecule has 2 rings (SSSR count). The summed E-state index contributed by atoms with van der Waals surface area (Å²) in [5, 5.41) is 6.75. The van der Waals surface area contributed by atoms with Crippen LogP contribution in [0.5, 0.6) is 0 Å². The molecule has 7 nitrogen and oxygen atoms in total. The van der Waals surface area contributed by atoms with Crippen molar-refractivity contribution in [2.75, 3.05) is 46.9 Å². The molecule has 1 aromatic heterocycles. The van der Waals surface area contributed by atoms with Crippen molar-refractivity contribution in [1.29, 1.82) is 0 Å². The monoisotopic (exact) mass is 528 g/mol. The lowest BCUT2D eigenvalue weighted by molar-refractivity contribution is 0.180. The molecule has 0 radical (unpaired) electrons. The van der Waals surface area contributed by atoms with Gasteiger partial charge in [0.2, 0.25) is 0 Å². The number of ether oxygens (including phenoxy) is 1. The first-order valence-corrected chi connectivity index (χ1v) is 10.4. The Kier molecular flexibility index (Phi) is 13.4. The molecule has 0 unspecified atom stereocenters. The fraction of sp³-hybridized carbons (Fsp3) is 0.545. The maximum absolute atomic E-state index is 5.11. The zero-order chi connectivity index (χ0) is 20.9. The highest BCUT2D eigenvalue weighted by atomic mass is 127. The minimum Gasteiger partial charge on any atom is -0.385 e. The lowest BCUT2D eigenvalue weighted by atomic mass is 10.1. The maximum atomic E-state index is 5.11. The Balaban J connectivity index is 0.00000450. The van der Waals surface area contributed by atoms with Crippen LogP contribution in [0, 0.1) is 6.92 Å². The number of nitrogens with one attached hydrogen (secondary N) is 2. The Morgan fingerprint density at radius 2 is 2.03 bits per heavy atom. The van der Waals surface area contributed by atoms with Crippen molar-refractivity contribution >= 4 is 29.9 Å². The van der Waals surface area contributed by atoms with Gasteiger partial charge in [-0.1, -0.05) is 24.3 Å². The van der Waals surface area contributed by atoms with Gasteiger partial charge < -0.3 is 24.8 Å². The molecule has 0 spiro atoms. The third-order valence-electron chi connectivity index (χ3n) is 4.71. The van der Waals surface area contributed by atoms with Crippen LogP contribution in [0.2, 0.25) is 0 Å². The maximum Gasteiger partial charge on any atom is 0.191 e. The zero-order valence-corrected chi connectivity index (χ0v) is 21.1. The first-order chi connectivity index (χ1) is 14.1. The van der Waals surface area contributed by atoms with Gasteiger partial charge in [0.1, 0.15) is 5.82 Å². The van der Waals surface area contributed by atoms with Crippen LogP contribution in [-0.4, -0.2) is 67.4 Å². The predicted octanol–water partition coefficient (Wildman–Crippen LogP) is 2.88. The van der Waals surface area contributed by atoms with E-state index in [0.29, 0.717) is 6.54 Å². The van der Waals surface area contributed by atoms with Gasteiger partial charge >= 0.3 is 0 Å². The summed E-state index contributed by atoms with van der Waals surface area (Å²) in [5.41, 5.74) is 2.46. The Labute approximate surface area is 198 Å². The van der Waals surface area contributed by atoms with Crippen LogP contribution in [0.4, 0.5) is 0 Å². The number of likely N-dealkylation sites (N-methyl/N-ethyl adjacent to an activating group) is 1. The van der Waals surface area contributed by atoms with E-state index in [1.54, 1.807) is 7.11 Å². The minimum absolute atomic E-state index is 0. The van der Waals surface area contributed by atoms with Crippen molar-refractivity contribution in [1.82, 2.24) is 25.1 Å². The number of benzene rings is 1. The molecular formula is C22H37IN6O. The van der Waals surface area contributed by atoms with Crippen molar-refractivity contribution in [2.24, 2.45) is 4.99 Å². The van der Waals surface area contributed by atoms with E-state index in [2.05, 4.69) is 63.3 Å². The minimum atomic E-state index is 0. The van der Waals surface area contributed by atoms with E-state index in [0.717, 1.165) is 57.5 Å². The molecular weight excluding hydrogens is 491 g/mol. The normalized spacial score (nSPS) is 11.4. The van der Waals surface area contributed by atoms with Crippen molar-refractivity contribution in [2.45, 2.75) is 33.4 Å². The molecule has 8 heteroatoms. The smallest absolute Gasteiger partial charge is 0.191 e. The number of halogens is 1. The van der Waals surface area contributed by atoms with Crippen LogP contribution in [0.25, 0.3) is 0 Å². The molecule has 30 heavy (non-hydrogen) atoms. The molecule has 0 aliphatic carbocycles. The number of hydrogen-bond donors (Lipinski definition) is 2. The Morgan fingerprint density at radius 1 is 1.23 bits per heavy atom. The molecule has 0 amide bonds. The summed E-state index contributed by atoms with van der Waals surface area (Å²) in [4.78, 5) is 11.3. The van der Waals surface area contributed by atoms with Crippen molar-refractivity contribution in [3.05, 3.63) is 53.6 Å². The van der Waals surface area contributed by atoms with Gasteiger partial charge in [-0.3, -0.25) is 0 Å². The van der Waals surface area contributed by atoms with E-state index in [-0.39, 0.29) is 24.0 Å². The number of aryl methyl sites for hydroxylation is 1. The number of aromatic nitrogens is 2. The quantitative estimate of drug-likeness (QED) is 0.192.